The highest BCUT2D eigenvalue weighted by atomic mass is 16.6. The van der Waals surface area contributed by atoms with Gasteiger partial charge in [-0.25, -0.2) is 4.98 Å². The lowest BCUT2D eigenvalue weighted by Crippen LogP contribution is -2.14. The number of nitrogens with zero attached hydrogens (tertiary/aromatic N) is 4. The van der Waals surface area contributed by atoms with Gasteiger partial charge in [0, 0.05) is 29.6 Å². The molecule has 0 aliphatic rings. The average molecular weight is 278 g/mol. The average Bonchev–Trinajstić information content (AvgIpc) is 2.83. The number of H-pyrrole nitrogens is 1. The SMILES string of the molecule is Cc1cc(Oc2ncc(/C(N)=N/O)cc2[N+](=O)[O-])n[nH]1. The van der Waals surface area contributed by atoms with Crippen LogP contribution in [0.15, 0.2) is 23.5 Å². The number of ether oxygens (including phenoxy) is 1. The van der Waals surface area contributed by atoms with Gasteiger partial charge >= 0.3 is 11.6 Å². The van der Waals surface area contributed by atoms with Gasteiger partial charge in [0.25, 0.3) is 0 Å². The Labute approximate surface area is 112 Å². The van der Waals surface area contributed by atoms with E-state index in [1.165, 1.54) is 6.20 Å². The summed E-state index contributed by atoms with van der Waals surface area (Å²) in [5, 5.41) is 28.7. The van der Waals surface area contributed by atoms with Crippen LogP contribution in [0.2, 0.25) is 0 Å². The summed E-state index contributed by atoms with van der Waals surface area (Å²) in [4.78, 5) is 14.1. The van der Waals surface area contributed by atoms with Crippen LogP contribution in [0, 0.1) is 17.0 Å². The molecule has 0 fully saturated rings. The first-order valence-electron chi connectivity index (χ1n) is 5.33. The van der Waals surface area contributed by atoms with Crippen molar-refractivity contribution in [3.8, 4) is 11.8 Å². The van der Waals surface area contributed by atoms with Crippen molar-refractivity contribution in [2.45, 2.75) is 6.92 Å². The normalized spacial score (nSPS) is 11.3. The van der Waals surface area contributed by atoms with Gasteiger partial charge in [0.2, 0.25) is 5.88 Å². The Hall–Kier alpha value is -3.17. The summed E-state index contributed by atoms with van der Waals surface area (Å²) in [5.41, 5.74) is 5.76. The van der Waals surface area contributed by atoms with Crippen LogP contribution in [0.25, 0.3) is 0 Å². The smallest absolute Gasteiger partial charge is 0.332 e. The Morgan fingerprint density at radius 2 is 2.35 bits per heavy atom. The molecule has 2 heterocycles. The van der Waals surface area contributed by atoms with Crippen molar-refractivity contribution >= 4 is 11.5 Å². The summed E-state index contributed by atoms with van der Waals surface area (Å²) in [5.74, 6) is -0.381. The Morgan fingerprint density at radius 3 is 2.90 bits per heavy atom. The maximum atomic E-state index is 11.0. The second kappa shape index (κ2) is 5.22. The van der Waals surface area contributed by atoms with Crippen LogP contribution in [0.5, 0.6) is 11.8 Å². The first-order chi connectivity index (χ1) is 9.51. The fraction of sp³-hybridized carbons (Fsp3) is 0.100. The maximum absolute atomic E-state index is 11.0. The second-order valence-electron chi connectivity index (χ2n) is 3.78. The molecule has 0 amide bonds. The molecule has 0 aliphatic carbocycles. The third-order valence-electron chi connectivity index (χ3n) is 2.32. The van der Waals surface area contributed by atoms with Crippen LogP contribution in [0.3, 0.4) is 0 Å². The van der Waals surface area contributed by atoms with E-state index in [-0.39, 0.29) is 23.2 Å². The van der Waals surface area contributed by atoms with Crippen LogP contribution in [-0.4, -0.2) is 31.1 Å². The minimum Gasteiger partial charge on any atom is -0.413 e. The number of nitro groups is 1. The molecule has 2 aromatic heterocycles. The number of aryl methyl sites for hydroxylation is 1. The number of aromatic nitrogens is 3. The standard InChI is InChI=1S/C10H10N6O4/c1-5-2-8(14-13-5)20-10-7(16(18)19)3-6(4-12-10)9(11)15-17/h2-4,17H,1H3,(H2,11,15)(H,13,14). The summed E-state index contributed by atoms with van der Waals surface area (Å²) in [6.07, 6.45) is 1.19. The highest BCUT2D eigenvalue weighted by Gasteiger charge is 2.20. The van der Waals surface area contributed by atoms with E-state index < -0.39 is 10.6 Å². The highest BCUT2D eigenvalue weighted by molar-refractivity contribution is 5.97. The van der Waals surface area contributed by atoms with Crippen molar-refractivity contribution in [3.05, 3.63) is 39.7 Å². The Bertz CT molecular complexity index is 680. The molecule has 10 nitrogen and oxygen atoms in total. The van der Waals surface area contributed by atoms with Gasteiger partial charge in [-0.05, 0) is 6.92 Å². The van der Waals surface area contributed by atoms with Crippen molar-refractivity contribution in [3.63, 3.8) is 0 Å². The molecule has 0 spiro atoms. The number of nitrogens with one attached hydrogen (secondary N) is 1. The number of hydrogen-bond donors (Lipinski definition) is 3. The molecular formula is C10H10N6O4. The number of oxime groups is 1. The van der Waals surface area contributed by atoms with Gasteiger partial charge in [-0.1, -0.05) is 5.16 Å². The molecular weight excluding hydrogens is 268 g/mol. The molecule has 0 bridgehead atoms. The highest BCUT2D eigenvalue weighted by Crippen LogP contribution is 2.28. The van der Waals surface area contributed by atoms with E-state index in [1.54, 1.807) is 13.0 Å². The van der Waals surface area contributed by atoms with Crippen molar-refractivity contribution in [2.75, 3.05) is 0 Å². The zero-order valence-electron chi connectivity index (χ0n) is 10.3. The minimum atomic E-state index is -0.685. The van der Waals surface area contributed by atoms with E-state index in [0.717, 1.165) is 11.8 Å². The zero-order valence-corrected chi connectivity index (χ0v) is 10.3. The molecule has 10 heteroatoms. The summed E-state index contributed by atoms with van der Waals surface area (Å²) < 4.78 is 5.22. The summed E-state index contributed by atoms with van der Waals surface area (Å²) >= 11 is 0. The lowest BCUT2D eigenvalue weighted by atomic mass is 10.2. The molecule has 0 saturated carbocycles. The lowest BCUT2D eigenvalue weighted by molar-refractivity contribution is -0.386. The van der Waals surface area contributed by atoms with Gasteiger partial charge in [-0.2, -0.15) is 0 Å². The van der Waals surface area contributed by atoms with Crippen LogP contribution in [0.1, 0.15) is 11.3 Å². The predicted octanol–water partition coefficient (Wildman–Crippen LogP) is 0.908. The first-order valence-corrected chi connectivity index (χ1v) is 5.33. The van der Waals surface area contributed by atoms with Gasteiger partial charge in [0.15, 0.2) is 5.84 Å². The summed E-state index contributed by atoms with van der Waals surface area (Å²) in [6, 6.07) is 2.65. The molecule has 0 aromatic carbocycles. The second-order valence-corrected chi connectivity index (χ2v) is 3.78. The van der Waals surface area contributed by atoms with Gasteiger partial charge in [0.05, 0.1) is 4.92 Å². The Kier molecular flexibility index (Phi) is 3.46. The van der Waals surface area contributed by atoms with Crippen LogP contribution >= 0.6 is 0 Å². The maximum Gasteiger partial charge on any atom is 0.332 e. The number of hydrogen-bond acceptors (Lipinski definition) is 7. The van der Waals surface area contributed by atoms with E-state index >= 15 is 0 Å². The van der Waals surface area contributed by atoms with E-state index in [2.05, 4.69) is 20.3 Å². The van der Waals surface area contributed by atoms with Crippen molar-refractivity contribution in [1.29, 1.82) is 0 Å². The zero-order chi connectivity index (χ0) is 14.7. The summed E-state index contributed by atoms with van der Waals surface area (Å²) in [7, 11) is 0. The molecule has 2 aromatic rings. The Morgan fingerprint density at radius 1 is 1.60 bits per heavy atom. The predicted molar refractivity (Wildman–Crippen MR) is 66.8 cm³/mol. The summed E-state index contributed by atoms with van der Waals surface area (Å²) in [6.45, 7) is 1.75. The number of rotatable bonds is 4. The first kappa shape index (κ1) is 13.3. The fourth-order valence-electron chi connectivity index (χ4n) is 1.39. The number of nitrogens with two attached hydrogens (primary N) is 1. The molecule has 0 unspecified atom stereocenters. The van der Waals surface area contributed by atoms with E-state index in [0.29, 0.717) is 0 Å². The van der Waals surface area contributed by atoms with E-state index in [1.807, 2.05) is 0 Å². The van der Waals surface area contributed by atoms with Crippen molar-refractivity contribution in [1.82, 2.24) is 15.2 Å². The van der Waals surface area contributed by atoms with Gasteiger partial charge in [-0.15, -0.1) is 5.10 Å². The number of pyridine rings is 1. The molecule has 2 rings (SSSR count). The third-order valence-corrected chi connectivity index (χ3v) is 2.32. The molecule has 104 valence electrons. The minimum absolute atomic E-state index is 0.102. The van der Waals surface area contributed by atoms with Gasteiger partial charge in [-0.3, -0.25) is 15.2 Å². The molecule has 20 heavy (non-hydrogen) atoms. The third kappa shape index (κ3) is 2.63. The quantitative estimate of drug-likeness (QED) is 0.247. The lowest BCUT2D eigenvalue weighted by Gasteiger charge is -2.03. The van der Waals surface area contributed by atoms with E-state index in [4.69, 9.17) is 15.7 Å². The van der Waals surface area contributed by atoms with E-state index in [9.17, 15) is 10.1 Å². The van der Waals surface area contributed by atoms with Crippen molar-refractivity contribution in [2.24, 2.45) is 10.9 Å². The largest absolute Gasteiger partial charge is 0.413 e. The fourth-order valence-corrected chi connectivity index (χ4v) is 1.39. The Balaban J connectivity index is 2.40. The molecule has 0 atom stereocenters. The van der Waals surface area contributed by atoms with Crippen LogP contribution < -0.4 is 10.5 Å². The monoisotopic (exact) mass is 278 g/mol. The number of amidine groups is 1. The molecule has 4 N–H and O–H groups in total. The van der Waals surface area contributed by atoms with Crippen molar-refractivity contribution < 1.29 is 14.9 Å². The van der Waals surface area contributed by atoms with Crippen LogP contribution in [-0.2, 0) is 0 Å². The molecule has 0 radical (unpaired) electrons. The van der Waals surface area contributed by atoms with Gasteiger partial charge < -0.3 is 15.7 Å². The van der Waals surface area contributed by atoms with Gasteiger partial charge in [0.1, 0.15) is 0 Å². The molecule has 0 saturated heterocycles. The topological polar surface area (TPSA) is 153 Å². The molecule has 0 aliphatic heterocycles. The van der Waals surface area contributed by atoms with Crippen LogP contribution in [0.4, 0.5) is 5.69 Å². The number of aromatic amines is 1.